The van der Waals surface area contributed by atoms with Crippen LogP contribution in [0.15, 0.2) is 60.7 Å². The van der Waals surface area contributed by atoms with Gasteiger partial charge in [-0.15, -0.1) is 0 Å². The van der Waals surface area contributed by atoms with Gasteiger partial charge in [-0.2, -0.15) is 29.9 Å². The molecule has 0 unspecified atom stereocenters. The van der Waals surface area contributed by atoms with Gasteiger partial charge in [0.2, 0.25) is 33.7 Å². The first kappa shape index (κ1) is 27.3. The van der Waals surface area contributed by atoms with E-state index < -0.39 is 0 Å². The van der Waals surface area contributed by atoms with Crippen molar-refractivity contribution in [3.05, 3.63) is 87.6 Å². The summed E-state index contributed by atoms with van der Waals surface area (Å²) in [5.74, 6) is 1.47. The molecule has 4 aromatic rings. The second kappa shape index (κ2) is 14.3. The van der Waals surface area contributed by atoms with Crippen LogP contribution in [-0.4, -0.2) is 43.0 Å². The fraction of sp³-hybridized carbons (Fsp3) is 0.250. The summed E-state index contributed by atoms with van der Waals surface area (Å²) in [6.45, 7) is 7.02. The molecule has 2 aromatic carbocycles. The van der Waals surface area contributed by atoms with Crippen molar-refractivity contribution in [3.8, 4) is 0 Å². The van der Waals surface area contributed by atoms with E-state index in [2.05, 4.69) is 54.4 Å². The second-order valence-corrected chi connectivity index (χ2v) is 8.29. The Balaban J connectivity index is 0.000000205. The third-order valence-corrected chi connectivity index (χ3v) is 5.32. The summed E-state index contributed by atoms with van der Waals surface area (Å²) in [5.41, 5.74) is 2.28. The van der Waals surface area contributed by atoms with Crippen LogP contribution in [0.25, 0.3) is 0 Å². The van der Waals surface area contributed by atoms with Crippen molar-refractivity contribution >= 4 is 52.6 Å². The molecule has 0 bridgehead atoms. The molecule has 0 atom stereocenters. The monoisotopic (exact) mass is 545 g/mol. The quantitative estimate of drug-likeness (QED) is 0.270. The summed E-state index contributed by atoms with van der Waals surface area (Å²) in [6, 6.07) is 19.9. The Morgan fingerprint density at radius 1 is 0.583 bits per heavy atom. The highest BCUT2D eigenvalue weighted by atomic mass is 35.5. The average molecular weight is 547 g/mol. The number of hydrogen-bond donors (Lipinski definition) is 2. The van der Waals surface area contributed by atoms with Gasteiger partial charge in [0.15, 0.2) is 0 Å². The number of benzene rings is 2. The van der Waals surface area contributed by atoms with Gasteiger partial charge in [0.05, 0.1) is 0 Å². The van der Waals surface area contributed by atoms with Gasteiger partial charge >= 0.3 is 0 Å². The van der Waals surface area contributed by atoms with Gasteiger partial charge in [0.25, 0.3) is 0 Å². The third-order valence-electron chi connectivity index (χ3n) is 4.81. The molecular weight excluding hydrogens is 521 g/mol. The van der Waals surface area contributed by atoms with Crippen LogP contribution in [0.5, 0.6) is 0 Å². The van der Waals surface area contributed by atoms with E-state index in [4.69, 9.17) is 34.8 Å². The highest BCUT2D eigenvalue weighted by molar-refractivity contribution is 6.31. The van der Waals surface area contributed by atoms with Crippen molar-refractivity contribution in [2.45, 2.75) is 26.9 Å². The maximum atomic E-state index is 5.96. The lowest BCUT2D eigenvalue weighted by molar-refractivity contribution is 0.811. The van der Waals surface area contributed by atoms with Crippen LogP contribution in [0.3, 0.4) is 0 Å². The number of halogens is 3. The SMILES string of the molecule is CCN(CC)c1nc(Cl)nc(NCc2ccccc2)n1.Clc1nc(Cl)nc(NCc2ccccc2)n1. The zero-order chi connectivity index (χ0) is 25.8. The van der Waals surface area contributed by atoms with Crippen molar-refractivity contribution < 1.29 is 0 Å². The molecule has 9 nitrogen and oxygen atoms in total. The third kappa shape index (κ3) is 9.07. The second-order valence-electron chi connectivity index (χ2n) is 7.28. The van der Waals surface area contributed by atoms with Crippen LogP contribution in [0.2, 0.25) is 15.9 Å². The number of hydrogen-bond acceptors (Lipinski definition) is 9. The van der Waals surface area contributed by atoms with E-state index in [1.54, 1.807) is 0 Å². The Labute approximate surface area is 225 Å². The number of anilines is 3. The topological polar surface area (TPSA) is 105 Å². The molecule has 188 valence electrons. The normalized spacial score (nSPS) is 10.2. The Bertz CT molecular complexity index is 1190. The minimum Gasteiger partial charge on any atom is -0.350 e. The van der Waals surface area contributed by atoms with Gasteiger partial charge < -0.3 is 15.5 Å². The van der Waals surface area contributed by atoms with Gasteiger partial charge in [0, 0.05) is 26.2 Å². The molecule has 0 aliphatic carbocycles. The van der Waals surface area contributed by atoms with Gasteiger partial charge in [-0.25, -0.2) is 0 Å². The molecule has 36 heavy (non-hydrogen) atoms. The van der Waals surface area contributed by atoms with E-state index in [0.29, 0.717) is 30.9 Å². The van der Waals surface area contributed by atoms with Crippen LogP contribution >= 0.6 is 34.8 Å². The molecule has 0 aliphatic heterocycles. The average Bonchev–Trinajstić information content (AvgIpc) is 2.88. The summed E-state index contributed by atoms with van der Waals surface area (Å²) in [4.78, 5) is 26.1. The highest BCUT2D eigenvalue weighted by Gasteiger charge is 2.10. The molecule has 0 fully saturated rings. The Kier molecular flexibility index (Phi) is 10.9. The summed E-state index contributed by atoms with van der Waals surface area (Å²) >= 11 is 17.3. The Morgan fingerprint density at radius 2 is 1.00 bits per heavy atom. The first-order chi connectivity index (χ1) is 17.5. The fourth-order valence-corrected chi connectivity index (χ4v) is 3.54. The number of nitrogens with zero attached hydrogens (tertiary/aromatic N) is 7. The zero-order valence-corrected chi connectivity index (χ0v) is 22.1. The maximum absolute atomic E-state index is 5.96. The van der Waals surface area contributed by atoms with Crippen LogP contribution in [0, 0.1) is 0 Å². The molecule has 0 radical (unpaired) electrons. The summed E-state index contributed by atoms with van der Waals surface area (Å²) in [7, 11) is 0. The van der Waals surface area contributed by atoms with E-state index in [9.17, 15) is 0 Å². The predicted octanol–water partition coefficient (Wildman–Crippen LogP) is 5.77. The van der Waals surface area contributed by atoms with E-state index in [-0.39, 0.29) is 15.9 Å². The van der Waals surface area contributed by atoms with Crippen LogP contribution in [0.4, 0.5) is 17.8 Å². The Hall–Kier alpha value is -3.27. The molecule has 0 saturated carbocycles. The minimum absolute atomic E-state index is 0.0792. The van der Waals surface area contributed by atoms with Gasteiger partial charge in [-0.1, -0.05) is 60.7 Å². The Morgan fingerprint density at radius 3 is 1.44 bits per heavy atom. The molecule has 2 heterocycles. The first-order valence-electron chi connectivity index (χ1n) is 11.3. The number of aromatic nitrogens is 6. The van der Waals surface area contributed by atoms with E-state index in [1.807, 2.05) is 65.6 Å². The van der Waals surface area contributed by atoms with Gasteiger partial charge in [-0.05, 0) is 59.8 Å². The van der Waals surface area contributed by atoms with E-state index in [0.717, 1.165) is 24.2 Å². The number of nitrogens with one attached hydrogen (secondary N) is 2. The molecule has 4 rings (SSSR count). The molecule has 0 saturated heterocycles. The summed E-state index contributed by atoms with van der Waals surface area (Å²) < 4.78 is 0. The molecule has 0 aliphatic rings. The zero-order valence-electron chi connectivity index (χ0n) is 19.9. The first-order valence-corrected chi connectivity index (χ1v) is 12.4. The predicted molar refractivity (Wildman–Crippen MR) is 146 cm³/mol. The van der Waals surface area contributed by atoms with Crippen LogP contribution in [-0.2, 0) is 13.1 Å². The molecule has 0 spiro atoms. The van der Waals surface area contributed by atoms with Gasteiger partial charge in [0.1, 0.15) is 0 Å². The van der Waals surface area contributed by atoms with Crippen molar-refractivity contribution in [2.24, 2.45) is 0 Å². The maximum Gasteiger partial charge on any atom is 0.231 e. The van der Waals surface area contributed by atoms with Crippen molar-refractivity contribution in [3.63, 3.8) is 0 Å². The highest BCUT2D eigenvalue weighted by Crippen LogP contribution is 2.14. The standard InChI is InChI=1S/C14H18ClN5.C10H8Cl2N4/c1-3-20(4-2)14-18-12(15)17-13(19-14)16-10-11-8-6-5-7-9-11;11-8-14-9(12)16-10(15-8)13-6-7-4-2-1-3-5-7/h5-9H,3-4,10H2,1-2H3,(H,16,17,18,19);1-5H,6H2,(H,13,14,15,16). The largest absolute Gasteiger partial charge is 0.350 e. The summed E-state index contributed by atoms with van der Waals surface area (Å²) in [5, 5.41) is 6.55. The van der Waals surface area contributed by atoms with Crippen molar-refractivity contribution in [2.75, 3.05) is 28.6 Å². The molecule has 0 amide bonds. The lowest BCUT2D eigenvalue weighted by Gasteiger charge is -2.18. The fourth-order valence-electron chi connectivity index (χ4n) is 3.03. The van der Waals surface area contributed by atoms with Crippen molar-refractivity contribution in [1.82, 2.24) is 29.9 Å². The minimum atomic E-state index is 0.0792. The molecular formula is C24H26Cl3N9. The van der Waals surface area contributed by atoms with Crippen LogP contribution in [0.1, 0.15) is 25.0 Å². The van der Waals surface area contributed by atoms with E-state index in [1.165, 1.54) is 0 Å². The number of rotatable bonds is 9. The van der Waals surface area contributed by atoms with E-state index >= 15 is 0 Å². The van der Waals surface area contributed by atoms with Gasteiger partial charge in [-0.3, -0.25) is 0 Å². The molecule has 2 aromatic heterocycles. The lowest BCUT2D eigenvalue weighted by Crippen LogP contribution is -2.25. The van der Waals surface area contributed by atoms with Crippen LogP contribution < -0.4 is 15.5 Å². The molecule has 2 N–H and O–H groups in total. The molecule has 12 heteroatoms. The smallest absolute Gasteiger partial charge is 0.231 e. The lowest BCUT2D eigenvalue weighted by atomic mass is 10.2. The summed E-state index contributed by atoms with van der Waals surface area (Å²) in [6.07, 6.45) is 0. The van der Waals surface area contributed by atoms with Crippen molar-refractivity contribution in [1.29, 1.82) is 0 Å².